The van der Waals surface area contributed by atoms with Gasteiger partial charge in [-0.1, -0.05) is 12.1 Å². The SMILES string of the molecule is O=C(CN(CCN1CCOCC1)C(=O)Nc1cccc(F)c1)N(Cc1ccc2c(c1)OCO2)Cc1ccco1. The molecule has 2 aliphatic heterocycles. The van der Waals surface area contributed by atoms with Crippen LogP contribution in [0.25, 0.3) is 0 Å². The molecule has 0 saturated carbocycles. The lowest BCUT2D eigenvalue weighted by molar-refractivity contribution is -0.133. The number of hydrogen-bond donors (Lipinski definition) is 1. The molecule has 0 spiro atoms. The van der Waals surface area contributed by atoms with E-state index in [-0.39, 0.29) is 32.3 Å². The van der Waals surface area contributed by atoms with Crippen LogP contribution < -0.4 is 14.8 Å². The number of amides is 3. The van der Waals surface area contributed by atoms with Gasteiger partial charge in [0.15, 0.2) is 11.5 Å². The molecule has 0 radical (unpaired) electrons. The van der Waals surface area contributed by atoms with Crippen LogP contribution in [0.2, 0.25) is 0 Å². The molecule has 2 aromatic carbocycles. The number of furan rings is 1. The van der Waals surface area contributed by atoms with Crippen LogP contribution in [0.5, 0.6) is 11.5 Å². The Morgan fingerprint density at radius 1 is 0.949 bits per heavy atom. The second-order valence-corrected chi connectivity index (χ2v) is 9.33. The Bertz CT molecular complexity index is 1260. The van der Waals surface area contributed by atoms with Gasteiger partial charge in [0, 0.05) is 38.4 Å². The third-order valence-electron chi connectivity index (χ3n) is 6.57. The van der Waals surface area contributed by atoms with E-state index in [9.17, 15) is 14.0 Å². The lowest BCUT2D eigenvalue weighted by Crippen LogP contribution is -2.48. The average molecular weight is 539 g/mol. The lowest BCUT2D eigenvalue weighted by Gasteiger charge is -2.31. The number of hydrogen-bond acceptors (Lipinski definition) is 7. The van der Waals surface area contributed by atoms with Crippen molar-refractivity contribution in [2.45, 2.75) is 13.1 Å². The molecule has 1 aromatic heterocycles. The number of anilines is 1. The molecule has 0 unspecified atom stereocenters. The summed E-state index contributed by atoms with van der Waals surface area (Å²) in [7, 11) is 0. The van der Waals surface area contributed by atoms with Gasteiger partial charge in [0.05, 0.1) is 26.0 Å². The predicted octanol–water partition coefficient (Wildman–Crippen LogP) is 3.54. The highest BCUT2D eigenvalue weighted by Gasteiger charge is 2.24. The zero-order valence-corrected chi connectivity index (χ0v) is 21.5. The first-order chi connectivity index (χ1) is 19.0. The maximum absolute atomic E-state index is 13.7. The minimum atomic E-state index is -0.483. The summed E-state index contributed by atoms with van der Waals surface area (Å²) in [6, 6.07) is 14.3. The van der Waals surface area contributed by atoms with Gasteiger partial charge in [-0.3, -0.25) is 9.69 Å². The molecule has 3 amide bonds. The molecule has 5 rings (SSSR count). The number of benzene rings is 2. The van der Waals surface area contributed by atoms with Crippen LogP contribution in [0.1, 0.15) is 11.3 Å². The largest absolute Gasteiger partial charge is 0.467 e. The van der Waals surface area contributed by atoms with Crippen molar-refractivity contribution >= 4 is 17.6 Å². The van der Waals surface area contributed by atoms with Crippen LogP contribution in [0, 0.1) is 5.82 Å². The Morgan fingerprint density at radius 3 is 2.59 bits per heavy atom. The van der Waals surface area contributed by atoms with Crippen LogP contribution in [0.4, 0.5) is 14.9 Å². The molecule has 206 valence electrons. The quantitative estimate of drug-likeness (QED) is 0.422. The highest BCUT2D eigenvalue weighted by Crippen LogP contribution is 2.33. The van der Waals surface area contributed by atoms with Crippen molar-refractivity contribution in [1.82, 2.24) is 14.7 Å². The normalized spacial score (nSPS) is 14.7. The number of nitrogens with one attached hydrogen (secondary N) is 1. The summed E-state index contributed by atoms with van der Waals surface area (Å²) < 4.78 is 35.5. The number of morpholine rings is 1. The van der Waals surface area contributed by atoms with Gasteiger partial charge in [0.1, 0.15) is 18.1 Å². The summed E-state index contributed by atoms with van der Waals surface area (Å²) in [5, 5.41) is 2.72. The van der Waals surface area contributed by atoms with Gasteiger partial charge in [0.25, 0.3) is 0 Å². The minimum Gasteiger partial charge on any atom is -0.467 e. The van der Waals surface area contributed by atoms with Gasteiger partial charge in [-0.25, -0.2) is 9.18 Å². The molecule has 0 bridgehead atoms. The second-order valence-electron chi connectivity index (χ2n) is 9.33. The molecular formula is C28H31FN4O6. The molecule has 0 aliphatic carbocycles. The number of ether oxygens (including phenoxy) is 3. The standard InChI is InChI=1S/C28H31FN4O6/c29-22-3-1-4-23(16-22)30-28(35)32(9-8-31-10-13-36-14-11-31)19-27(34)33(18-24-5-2-12-37-24)17-21-6-7-25-26(15-21)39-20-38-25/h1-7,12,15-16H,8-11,13-14,17-20H2,(H,30,35). The van der Waals surface area contributed by atoms with Gasteiger partial charge in [-0.05, 0) is 48.0 Å². The number of urea groups is 1. The van der Waals surface area contributed by atoms with E-state index in [1.165, 1.54) is 23.1 Å². The minimum absolute atomic E-state index is 0.159. The molecule has 3 aromatic rings. The number of halogens is 1. The highest BCUT2D eigenvalue weighted by molar-refractivity contribution is 5.92. The van der Waals surface area contributed by atoms with E-state index in [4.69, 9.17) is 18.6 Å². The lowest BCUT2D eigenvalue weighted by atomic mass is 10.2. The van der Waals surface area contributed by atoms with Gasteiger partial charge in [-0.2, -0.15) is 0 Å². The van der Waals surface area contributed by atoms with E-state index < -0.39 is 11.8 Å². The third kappa shape index (κ3) is 7.27. The molecule has 39 heavy (non-hydrogen) atoms. The molecule has 0 atom stereocenters. The molecule has 11 heteroatoms. The maximum Gasteiger partial charge on any atom is 0.322 e. The Hall–Kier alpha value is -4.09. The van der Waals surface area contributed by atoms with Crippen molar-refractivity contribution in [2.75, 3.05) is 58.0 Å². The molecule has 2 aliphatic rings. The average Bonchev–Trinajstić information content (AvgIpc) is 3.63. The van der Waals surface area contributed by atoms with Crippen molar-refractivity contribution in [1.29, 1.82) is 0 Å². The fourth-order valence-corrected chi connectivity index (χ4v) is 4.45. The van der Waals surface area contributed by atoms with E-state index in [2.05, 4.69) is 10.2 Å². The number of nitrogens with zero attached hydrogens (tertiary/aromatic N) is 3. The van der Waals surface area contributed by atoms with Crippen LogP contribution in [-0.2, 0) is 22.6 Å². The van der Waals surface area contributed by atoms with Gasteiger partial charge in [-0.15, -0.1) is 0 Å². The zero-order valence-electron chi connectivity index (χ0n) is 21.5. The summed E-state index contributed by atoms with van der Waals surface area (Å²) in [4.78, 5) is 32.3. The first-order valence-electron chi connectivity index (χ1n) is 12.8. The number of carbonyl (C=O) groups is 2. The fraction of sp³-hybridized carbons (Fsp3) is 0.357. The van der Waals surface area contributed by atoms with Crippen LogP contribution in [0.3, 0.4) is 0 Å². The van der Waals surface area contributed by atoms with Gasteiger partial charge >= 0.3 is 6.03 Å². The summed E-state index contributed by atoms with van der Waals surface area (Å²) >= 11 is 0. The molecule has 1 saturated heterocycles. The Morgan fingerprint density at radius 2 is 1.79 bits per heavy atom. The zero-order chi connectivity index (χ0) is 27.0. The summed E-state index contributed by atoms with van der Waals surface area (Å²) in [6.07, 6.45) is 1.56. The Balaban J connectivity index is 1.31. The van der Waals surface area contributed by atoms with Crippen molar-refractivity contribution < 1.29 is 32.6 Å². The smallest absolute Gasteiger partial charge is 0.322 e. The van der Waals surface area contributed by atoms with Crippen LogP contribution >= 0.6 is 0 Å². The summed E-state index contributed by atoms with van der Waals surface area (Å²) in [6.45, 7) is 4.13. The van der Waals surface area contributed by atoms with Crippen LogP contribution in [-0.4, -0.2) is 79.4 Å². The van der Waals surface area contributed by atoms with E-state index in [1.54, 1.807) is 29.4 Å². The second kappa shape index (κ2) is 12.6. The van der Waals surface area contributed by atoms with Crippen molar-refractivity contribution in [3.63, 3.8) is 0 Å². The fourth-order valence-electron chi connectivity index (χ4n) is 4.45. The number of fused-ring (bicyclic) bond motifs is 1. The van der Waals surface area contributed by atoms with Crippen molar-refractivity contribution in [3.8, 4) is 11.5 Å². The van der Waals surface area contributed by atoms with E-state index in [1.807, 2.05) is 18.2 Å². The van der Waals surface area contributed by atoms with Crippen molar-refractivity contribution in [3.05, 3.63) is 78.0 Å². The third-order valence-corrected chi connectivity index (χ3v) is 6.57. The number of carbonyl (C=O) groups excluding carboxylic acids is 2. The first kappa shape index (κ1) is 26.5. The van der Waals surface area contributed by atoms with E-state index >= 15 is 0 Å². The van der Waals surface area contributed by atoms with Crippen LogP contribution in [0.15, 0.2) is 65.3 Å². The van der Waals surface area contributed by atoms with E-state index in [0.717, 1.165) is 18.7 Å². The summed E-state index contributed by atoms with van der Waals surface area (Å²) in [5.41, 5.74) is 1.17. The maximum atomic E-state index is 13.7. The first-order valence-corrected chi connectivity index (χ1v) is 12.8. The topological polar surface area (TPSA) is 96.7 Å². The Kier molecular flexibility index (Phi) is 8.59. The Labute approximate surface area is 225 Å². The van der Waals surface area contributed by atoms with Crippen molar-refractivity contribution in [2.24, 2.45) is 0 Å². The molecule has 1 N–H and O–H groups in total. The molecule has 3 heterocycles. The monoisotopic (exact) mass is 538 g/mol. The number of rotatable bonds is 10. The predicted molar refractivity (Wildman–Crippen MR) is 140 cm³/mol. The summed E-state index contributed by atoms with van der Waals surface area (Å²) in [5.74, 6) is 1.18. The van der Waals surface area contributed by atoms with E-state index in [0.29, 0.717) is 49.2 Å². The highest BCUT2D eigenvalue weighted by atomic mass is 19.1. The van der Waals surface area contributed by atoms with Gasteiger partial charge in [0.2, 0.25) is 12.7 Å². The molecule has 10 nitrogen and oxygen atoms in total. The molecule has 1 fully saturated rings. The molecular weight excluding hydrogens is 507 g/mol. The van der Waals surface area contributed by atoms with Gasteiger partial charge < -0.3 is 33.7 Å².